The van der Waals surface area contributed by atoms with Gasteiger partial charge in [0.25, 0.3) is 0 Å². The summed E-state index contributed by atoms with van der Waals surface area (Å²) in [5.74, 6) is 0.346. The van der Waals surface area contributed by atoms with Crippen molar-refractivity contribution in [3.63, 3.8) is 0 Å². The van der Waals surface area contributed by atoms with Crippen molar-refractivity contribution in [2.45, 2.75) is 64.8 Å². The van der Waals surface area contributed by atoms with Crippen LogP contribution in [-0.2, 0) is 4.79 Å². The third-order valence-corrected chi connectivity index (χ3v) is 4.43. The Bertz CT molecular complexity index is 413. The molecule has 0 aliphatic rings. The van der Waals surface area contributed by atoms with Crippen molar-refractivity contribution in [3.05, 3.63) is 29.8 Å². The summed E-state index contributed by atoms with van der Waals surface area (Å²) in [6.07, 6.45) is 3.44. The van der Waals surface area contributed by atoms with E-state index in [0.29, 0.717) is 6.42 Å². The molecule has 0 saturated heterocycles. The van der Waals surface area contributed by atoms with Crippen molar-refractivity contribution >= 4 is 11.6 Å². The highest BCUT2D eigenvalue weighted by Crippen LogP contribution is 2.23. The van der Waals surface area contributed by atoms with Crippen LogP contribution in [0.2, 0.25) is 0 Å². The van der Waals surface area contributed by atoms with Gasteiger partial charge in [-0.3, -0.25) is 4.79 Å². The van der Waals surface area contributed by atoms with E-state index in [9.17, 15) is 4.79 Å². The van der Waals surface area contributed by atoms with Gasteiger partial charge >= 0.3 is 0 Å². The number of nitrogens with two attached hydrogens (primary N) is 1. The maximum absolute atomic E-state index is 12.3. The second-order valence-electron chi connectivity index (χ2n) is 5.66. The Labute approximate surface area is 122 Å². The van der Waals surface area contributed by atoms with Gasteiger partial charge in [0.1, 0.15) is 0 Å². The topological polar surface area (TPSA) is 55.1 Å². The maximum Gasteiger partial charge on any atom is 0.221 e. The molecule has 0 bridgehead atoms. The molecule has 0 aromatic heterocycles. The highest BCUT2D eigenvalue weighted by Gasteiger charge is 2.26. The lowest BCUT2D eigenvalue weighted by Crippen LogP contribution is -2.47. The van der Waals surface area contributed by atoms with Crippen molar-refractivity contribution in [3.8, 4) is 0 Å². The summed E-state index contributed by atoms with van der Waals surface area (Å²) < 4.78 is 0. The molecule has 3 nitrogen and oxygen atoms in total. The lowest BCUT2D eigenvalue weighted by molar-refractivity contribution is -0.123. The second kappa shape index (κ2) is 7.32. The molecular formula is C17H28N2O. The van der Waals surface area contributed by atoms with E-state index in [1.807, 2.05) is 24.3 Å². The molecule has 0 radical (unpaired) electrons. The number of rotatable bonds is 7. The van der Waals surface area contributed by atoms with Gasteiger partial charge in [-0.15, -0.1) is 0 Å². The SMILES string of the molecule is CCC(CC)(CC)NC(=O)CC(C)c1ccc(N)cc1. The highest BCUT2D eigenvalue weighted by atomic mass is 16.1. The molecule has 0 fully saturated rings. The van der Waals surface area contributed by atoms with Gasteiger partial charge < -0.3 is 11.1 Å². The second-order valence-corrected chi connectivity index (χ2v) is 5.66. The Hall–Kier alpha value is -1.51. The van der Waals surface area contributed by atoms with E-state index in [1.54, 1.807) is 0 Å². The maximum atomic E-state index is 12.3. The number of nitrogen functional groups attached to an aromatic ring is 1. The number of hydrogen-bond acceptors (Lipinski definition) is 2. The first-order valence-corrected chi connectivity index (χ1v) is 7.62. The molecule has 0 saturated carbocycles. The first-order valence-electron chi connectivity index (χ1n) is 7.62. The normalized spacial score (nSPS) is 13.0. The fourth-order valence-corrected chi connectivity index (χ4v) is 2.58. The summed E-state index contributed by atoms with van der Waals surface area (Å²) in [6.45, 7) is 8.49. The third kappa shape index (κ3) is 4.26. The molecular weight excluding hydrogens is 248 g/mol. The van der Waals surface area contributed by atoms with Crippen LogP contribution in [0, 0.1) is 0 Å². The monoisotopic (exact) mass is 276 g/mol. The zero-order chi connectivity index (χ0) is 15.2. The zero-order valence-electron chi connectivity index (χ0n) is 13.2. The summed E-state index contributed by atoms with van der Waals surface area (Å²) in [4.78, 5) is 12.3. The first-order chi connectivity index (χ1) is 9.46. The lowest BCUT2D eigenvalue weighted by atomic mass is 9.89. The molecule has 1 atom stereocenters. The minimum absolute atomic E-state index is 0.0437. The number of carbonyl (C=O) groups excluding carboxylic acids is 1. The summed E-state index contributed by atoms with van der Waals surface area (Å²) >= 11 is 0. The number of benzene rings is 1. The van der Waals surface area contributed by atoms with Gasteiger partial charge in [-0.2, -0.15) is 0 Å². The molecule has 0 spiro atoms. The van der Waals surface area contributed by atoms with Crippen LogP contribution in [0.5, 0.6) is 0 Å². The fraction of sp³-hybridized carbons (Fsp3) is 0.588. The minimum Gasteiger partial charge on any atom is -0.399 e. The molecule has 0 aliphatic carbocycles. The Morgan fingerprint density at radius 1 is 1.15 bits per heavy atom. The zero-order valence-corrected chi connectivity index (χ0v) is 13.2. The lowest BCUT2D eigenvalue weighted by Gasteiger charge is -2.32. The van der Waals surface area contributed by atoms with Crippen LogP contribution in [0.1, 0.15) is 64.9 Å². The van der Waals surface area contributed by atoms with Gasteiger partial charge in [0.2, 0.25) is 5.91 Å². The number of amides is 1. The largest absolute Gasteiger partial charge is 0.399 e. The fourth-order valence-electron chi connectivity index (χ4n) is 2.58. The minimum atomic E-state index is -0.0437. The number of nitrogens with one attached hydrogen (secondary N) is 1. The van der Waals surface area contributed by atoms with E-state index >= 15 is 0 Å². The van der Waals surface area contributed by atoms with Crippen LogP contribution < -0.4 is 11.1 Å². The van der Waals surface area contributed by atoms with E-state index in [2.05, 4.69) is 33.0 Å². The van der Waals surface area contributed by atoms with Crippen LogP contribution >= 0.6 is 0 Å². The molecule has 0 aliphatic heterocycles. The van der Waals surface area contributed by atoms with Crippen LogP contribution in [0.25, 0.3) is 0 Å². The summed E-state index contributed by atoms with van der Waals surface area (Å²) in [5, 5.41) is 3.23. The van der Waals surface area contributed by atoms with Gasteiger partial charge in [0, 0.05) is 17.6 Å². The van der Waals surface area contributed by atoms with Crippen LogP contribution in [-0.4, -0.2) is 11.4 Å². The van der Waals surface area contributed by atoms with Gasteiger partial charge in [-0.1, -0.05) is 39.8 Å². The van der Waals surface area contributed by atoms with Gasteiger partial charge in [0.15, 0.2) is 0 Å². The average molecular weight is 276 g/mol. The summed E-state index contributed by atoms with van der Waals surface area (Å²) in [5.41, 5.74) is 7.56. The molecule has 1 aromatic rings. The quantitative estimate of drug-likeness (QED) is 0.743. The molecule has 1 unspecified atom stereocenters. The van der Waals surface area contributed by atoms with Crippen LogP contribution in [0.4, 0.5) is 5.69 Å². The molecule has 112 valence electrons. The predicted octanol–water partition coefficient (Wildman–Crippen LogP) is 3.85. The Balaban J connectivity index is 2.63. The molecule has 1 rings (SSSR count). The molecule has 3 heteroatoms. The van der Waals surface area contributed by atoms with Gasteiger partial charge in [0.05, 0.1) is 0 Å². The third-order valence-electron chi connectivity index (χ3n) is 4.43. The van der Waals surface area contributed by atoms with Gasteiger partial charge in [-0.05, 0) is 42.9 Å². The Kier molecular flexibility index (Phi) is 6.05. The average Bonchev–Trinajstić information content (AvgIpc) is 2.45. The predicted molar refractivity (Wildman–Crippen MR) is 85.6 cm³/mol. The van der Waals surface area contributed by atoms with Crippen molar-refractivity contribution in [2.75, 3.05) is 5.73 Å². The van der Waals surface area contributed by atoms with Crippen molar-refractivity contribution in [2.24, 2.45) is 0 Å². The van der Waals surface area contributed by atoms with Crippen molar-refractivity contribution in [1.82, 2.24) is 5.32 Å². The first kappa shape index (κ1) is 16.5. The van der Waals surface area contributed by atoms with Gasteiger partial charge in [-0.25, -0.2) is 0 Å². The summed E-state index contributed by atoms with van der Waals surface area (Å²) in [7, 11) is 0. The van der Waals surface area contributed by atoms with E-state index in [0.717, 1.165) is 30.5 Å². The van der Waals surface area contributed by atoms with Crippen LogP contribution in [0.3, 0.4) is 0 Å². The molecule has 1 amide bonds. The number of hydrogen-bond donors (Lipinski definition) is 2. The smallest absolute Gasteiger partial charge is 0.221 e. The van der Waals surface area contributed by atoms with Crippen molar-refractivity contribution in [1.29, 1.82) is 0 Å². The summed E-state index contributed by atoms with van der Waals surface area (Å²) in [6, 6.07) is 7.77. The Morgan fingerprint density at radius 2 is 1.65 bits per heavy atom. The Morgan fingerprint density at radius 3 is 2.10 bits per heavy atom. The molecule has 0 heterocycles. The van der Waals surface area contributed by atoms with E-state index in [4.69, 9.17) is 5.73 Å². The van der Waals surface area contributed by atoms with E-state index < -0.39 is 0 Å². The molecule has 3 N–H and O–H groups in total. The standard InChI is InChI=1S/C17H28N2O/c1-5-17(6-2,7-3)19-16(20)12-13(4)14-8-10-15(18)11-9-14/h8-11,13H,5-7,12,18H2,1-4H3,(H,19,20). The number of anilines is 1. The van der Waals surface area contributed by atoms with E-state index in [1.165, 1.54) is 0 Å². The molecule has 1 aromatic carbocycles. The van der Waals surface area contributed by atoms with Crippen molar-refractivity contribution < 1.29 is 4.79 Å². The molecule has 20 heavy (non-hydrogen) atoms. The highest BCUT2D eigenvalue weighted by molar-refractivity contribution is 5.77. The van der Waals surface area contributed by atoms with E-state index in [-0.39, 0.29) is 17.4 Å². The van der Waals surface area contributed by atoms with Crippen LogP contribution in [0.15, 0.2) is 24.3 Å². The number of carbonyl (C=O) groups is 1.